The Hall–Kier alpha value is -2.70. The fraction of sp³-hybridized carbons (Fsp3) is 0.375. The molecule has 1 aromatic heterocycles. The molecule has 0 spiro atoms. The molecule has 0 saturated carbocycles. The highest BCUT2D eigenvalue weighted by molar-refractivity contribution is 5.96. The predicted octanol–water partition coefficient (Wildman–Crippen LogP) is 2.86. The Morgan fingerprint density at radius 3 is 2.83 bits per heavy atom. The van der Waals surface area contributed by atoms with E-state index < -0.39 is 5.97 Å². The monoisotopic (exact) mass is 315 g/mol. The smallest absolute Gasteiger partial charge is 0.339 e. The van der Waals surface area contributed by atoms with Gasteiger partial charge in [-0.15, -0.1) is 5.10 Å². The van der Waals surface area contributed by atoms with Crippen molar-refractivity contribution in [2.45, 2.75) is 20.3 Å². The fourth-order valence-corrected chi connectivity index (χ4v) is 1.93. The van der Waals surface area contributed by atoms with Gasteiger partial charge in [0, 0.05) is 6.54 Å². The summed E-state index contributed by atoms with van der Waals surface area (Å²) in [5.74, 6) is 1.14. The number of anilines is 3. The van der Waals surface area contributed by atoms with Crippen LogP contribution in [0.4, 0.5) is 17.5 Å². The molecule has 0 atom stereocenters. The van der Waals surface area contributed by atoms with Gasteiger partial charge in [-0.1, -0.05) is 26.0 Å². The van der Waals surface area contributed by atoms with Crippen LogP contribution in [0.2, 0.25) is 0 Å². The van der Waals surface area contributed by atoms with Crippen molar-refractivity contribution in [3.63, 3.8) is 0 Å². The van der Waals surface area contributed by atoms with Gasteiger partial charge >= 0.3 is 5.97 Å². The Morgan fingerprint density at radius 1 is 1.30 bits per heavy atom. The number of benzene rings is 1. The Kier molecular flexibility index (Phi) is 5.85. The molecule has 2 N–H and O–H groups in total. The van der Waals surface area contributed by atoms with Gasteiger partial charge in [0.1, 0.15) is 0 Å². The van der Waals surface area contributed by atoms with E-state index in [2.05, 4.69) is 39.7 Å². The van der Waals surface area contributed by atoms with Crippen LogP contribution in [0.15, 0.2) is 30.5 Å². The Morgan fingerprint density at radius 2 is 2.09 bits per heavy atom. The van der Waals surface area contributed by atoms with E-state index in [-0.39, 0.29) is 0 Å². The van der Waals surface area contributed by atoms with Crippen LogP contribution in [-0.4, -0.2) is 34.8 Å². The Balaban J connectivity index is 2.10. The van der Waals surface area contributed by atoms with Crippen LogP contribution in [0.5, 0.6) is 0 Å². The molecule has 0 bridgehead atoms. The number of aromatic nitrogens is 3. The quantitative estimate of drug-likeness (QED) is 0.759. The summed E-state index contributed by atoms with van der Waals surface area (Å²) in [5.41, 5.74) is 0.984. The van der Waals surface area contributed by atoms with E-state index in [1.165, 1.54) is 7.11 Å². The second-order valence-electron chi connectivity index (χ2n) is 5.44. The van der Waals surface area contributed by atoms with Crippen molar-refractivity contribution in [3.05, 3.63) is 36.0 Å². The first-order chi connectivity index (χ1) is 11.1. The van der Waals surface area contributed by atoms with Gasteiger partial charge in [0.15, 0.2) is 5.82 Å². The minimum atomic E-state index is -0.424. The second kappa shape index (κ2) is 8.07. The minimum Gasteiger partial charge on any atom is -0.465 e. The van der Waals surface area contributed by atoms with Gasteiger partial charge in [0.25, 0.3) is 0 Å². The lowest BCUT2D eigenvalue weighted by atomic mass is 10.1. The van der Waals surface area contributed by atoms with Gasteiger partial charge in [-0.2, -0.15) is 10.1 Å². The highest BCUT2D eigenvalue weighted by Crippen LogP contribution is 2.19. The lowest BCUT2D eigenvalue weighted by molar-refractivity contribution is 0.0602. The number of carbonyl (C=O) groups excluding carboxylic acids is 1. The maximum absolute atomic E-state index is 11.8. The van der Waals surface area contributed by atoms with Crippen molar-refractivity contribution in [1.82, 2.24) is 15.2 Å². The molecule has 0 aliphatic carbocycles. The molecule has 0 amide bonds. The molecule has 2 rings (SSSR count). The highest BCUT2D eigenvalue weighted by atomic mass is 16.5. The van der Waals surface area contributed by atoms with Gasteiger partial charge < -0.3 is 15.4 Å². The maximum Gasteiger partial charge on any atom is 0.339 e. The molecule has 122 valence electrons. The van der Waals surface area contributed by atoms with Crippen molar-refractivity contribution in [1.29, 1.82) is 0 Å². The first kappa shape index (κ1) is 16.7. The van der Waals surface area contributed by atoms with Gasteiger partial charge in [0.05, 0.1) is 24.6 Å². The number of methoxy groups -OCH3 is 1. The average Bonchev–Trinajstić information content (AvgIpc) is 2.55. The SMILES string of the molecule is COC(=O)c1ccccc1Nc1nncc(NCCC(C)C)n1. The largest absolute Gasteiger partial charge is 0.465 e. The van der Waals surface area contributed by atoms with Crippen molar-refractivity contribution in [3.8, 4) is 0 Å². The molecule has 0 aliphatic rings. The molecule has 0 fully saturated rings. The van der Waals surface area contributed by atoms with Crippen LogP contribution in [-0.2, 0) is 4.74 Å². The van der Waals surface area contributed by atoms with E-state index in [9.17, 15) is 4.79 Å². The van der Waals surface area contributed by atoms with E-state index in [4.69, 9.17) is 4.74 Å². The van der Waals surface area contributed by atoms with Gasteiger partial charge in [-0.05, 0) is 24.5 Å². The number of rotatable bonds is 7. The fourth-order valence-electron chi connectivity index (χ4n) is 1.93. The van der Waals surface area contributed by atoms with E-state index in [1.54, 1.807) is 24.4 Å². The number of nitrogens with one attached hydrogen (secondary N) is 2. The third-order valence-electron chi connectivity index (χ3n) is 3.17. The molecule has 0 aliphatic heterocycles. The minimum absolute atomic E-state index is 0.316. The second-order valence-corrected chi connectivity index (χ2v) is 5.44. The number of esters is 1. The number of para-hydroxylation sites is 1. The lowest BCUT2D eigenvalue weighted by Crippen LogP contribution is -2.10. The van der Waals surface area contributed by atoms with Gasteiger partial charge in [-0.3, -0.25) is 0 Å². The third-order valence-corrected chi connectivity index (χ3v) is 3.17. The van der Waals surface area contributed by atoms with Crippen LogP contribution >= 0.6 is 0 Å². The molecule has 2 aromatic rings. The summed E-state index contributed by atoms with van der Waals surface area (Å²) in [5, 5.41) is 14.1. The molecule has 1 aromatic carbocycles. The van der Waals surface area contributed by atoms with Gasteiger partial charge in [-0.25, -0.2) is 4.79 Å². The summed E-state index contributed by atoms with van der Waals surface area (Å²) in [6.07, 6.45) is 2.61. The summed E-state index contributed by atoms with van der Waals surface area (Å²) in [4.78, 5) is 16.1. The summed E-state index contributed by atoms with van der Waals surface area (Å²) in [6, 6.07) is 7.01. The Labute approximate surface area is 135 Å². The molecule has 0 radical (unpaired) electrons. The molecule has 0 saturated heterocycles. The lowest BCUT2D eigenvalue weighted by Gasteiger charge is -2.10. The third kappa shape index (κ3) is 4.91. The zero-order chi connectivity index (χ0) is 16.7. The topological polar surface area (TPSA) is 89.0 Å². The first-order valence-electron chi connectivity index (χ1n) is 7.48. The van der Waals surface area contributed by atoms with Gasteiger partial charge in [0.2, 0.25) is 5.95 Å². The summed E-state index contributed by atoms with van der Waals surface area (Å²) < 4.78 is 4.77. The highest BCUT2D eigenvalue weighted by Gasteiger charge is 2.12. The zero-order valence-corrected chi connectivity index (χ0v) is 13.5. The van der Waals surface area contributed by atoms with Crippen LogP contribution in [0.1, 0.15) is 30.6 Å². The van der Waals surface area contributed by atoms with E-state index >= 15 is 0 Å². The normalized spacial score (nSPS) is 10.4. The van der Waals surface area contributed by atoms with Crippen molar-refractivity contribution < 1.29 is 9.53 Å². The average molecular weight is 315 g/mol. The first-order valence-corrected chi connectivity index (χ1v) is 7.48. The molecule has 1 heterocycles. The van der Waals surface area contributed by atoms with Crippen LogP contribution in [0.25, 0.3) is 0 Å². The Bertz CT molecular complexity index is 660. The van der Waals surface area contributed by atoms with Crippen molar-refractivity contribution in [2.75, 3.05) is 24.3 Å². The van der Waals surface area contributed by atoms with Crippen LogP contribution in [0, 0.1) is 5.92 Å². The van der Waals surface area contributed by atoms with E-state index in [0.29, 0.717) is 28.9 Å². The number of ether oxygens (including phenoxy) is 1. The number of hydrogen-bond acceptors (Lipinski definition) is 7. The van der Waals surface area contributed by atoms with E-state index in [0.717, 1.165) is 13.0 Å². The standard InChI is InChI=1S/C16H21N5O2/c1-11(2)8-9-17-14-10-18-21-16(20-14)19-13-7-5-4-6-12(13)15(22)23-3/h4-7,10-11H,8-9H2,1-3H3,(H2,17,19,20,21). The zero-order valence-electron chi connectivity index (χ0n) is 13.5. The number of carbonyl (C=O) groups is 1. The number of hydrogen-bond donors (Lipinski definition) is 2. The van der Waals surface area contributed by atoms with Crippen molar-refractivity contribution in [2.24, 2.45) is 5.92 Å². The van der Waals surface area contributed by atoms with Crippen LogP contribution < -0.4 is 10.6 Å². The van der Waals surface area contributed by atoms with Crippen molar-refractivity contribution >= 4 is 23.4 Å². The molecule has 23 heavy (non-hydrogen) atoms. The summed E-state index contributed by atoms with van der Waals surface area (Å²) in [7, 11) is 1.34. The van der Waals surface area contributed by atoms with Crippen LogP contribution in [0.3, 0.4) is 0 Å². The molecule has 7 heteroatoms. The molecular weight excluding hydrogens is 294 g/mol. The summed E-state index contributed by atoms with van der Waals surface area (Å²) in [6.45, 7) is 5.14. The number of nitrogens with zero attached hydrogens (tertiary/aromatic N) is 3. The molecular formula is C16H21N5O2. The maximum atomic E-state index is 11.8. The molecule has 7 nitrogen and oxygen atoms in total. The predicted molar refractivity (Wildman–Crippen MR) is 88.8 cm³/mol. The van der Waals surface area contributed by atoms with E-state index in [1.807, 2.05) is 6.07 Å². The molecule has 0 unspecified atom stereocenters. The summed E-state index contributed by atoms with van der Waals surface area (Å²) >= 11 is 0.